The summed E-state index contributed by atoms with van der Waals surface area (Å²) in [5, 5.41) is 9.58. The van der Waals surface area contributed by atoms with Gasteiger partial charge in [0, 0.05) is 13.1 Å². The Labute approximate surface area is 126 Å². The number of carboxylic acids is 1. The Kier molecular flexibility index (Phi) is 3.95. The van der Waals surface area contributed by atoms with Crippen LogP contribution in [-0.2, 0) is 9.59 Å². The molecule has 118 valence electrons. The second-order valence-corrected chi connectivity index (χ2v) is 7.28. The van der Waals surface area contributed by atoms with Crippen LogP contribution >= 0.6 is 0 Å². The average Bonchev–Trinajstić information content (AvgIpc) is 2.99. The van der Waals surface area contributed by atoms with Crippen molar-refractivity contribution in [2.75, 3.05) is 32.7 Å². The van der Waals surface area contributed by atoms with Gasteiger partial charge >= 0.3 is 5.97 Å². The van der Waals surface area contributed by atoms with Gasteiger partial charge in [0.05, 0.1) is 12.0 Å². The van der Waals surface area contributed by atoms with Crippen LogP contribution in [0.3, 0.4) is 0 Å². The third-order valence-corrected chi connectivity index (χ3v) is 5.88. The second kappa shape index (κ2) is 5.59. The van der Waals surface area contributed by atoms with E-state index in [0.717, 1.165) is 51.1 Å². The standard InChI is InChI=1S/C16H26N2O3/c1-12-4-7-17(8-5-12)10-14(19)18-9-13-3-2-6-16(13,11-18)15(20)21/h12-13H,2-11H2,1H3,(H,20,21)/t13-,16+/m0/s1. The maximum Gasteiger partial charge on any atom is 0.311 e. The molecule has 0 unspecified atom stereocenters. The number of amides is 1. The van der Waals surface area contributed by atoms with Gasteiger partial charge in [-0.05, 0) is 50.6 Å². The smallest absolute Gasteiger partial charge is 0.311 e. The maximum absolute atomic E-state index is 12.5. The molecule has 2 atom stereocenters. The molecule has 1 amide bonds. The zero-order chi connectivity index (χ0) is 15.0. The predicted octanol–water partition coefficient (Wildman–Crippen LogP) is 1.43. The van der Waals surface area contributed by atoms with Crippen molar-refractivity contribution in [3.8, 4) is 0 Å². The molecule has 1 saturated carbocycles. The Bertz CT molecular complexity index is 431. The molecular formula is C16H26N2O3. The van der Waals surface area contributed by atoms with Crippen molar-refractivity contribution in [1.82, 2.24) is 9.80 Å². The van der Waals surface area contributed by atoms with Crippen LogP contribution in [0.5, 0.6) is 0 Å². The molecule has 2 heterocycles. The fraction of sp³-hybridized carbons (Fsp3) is 0.875. The van der Waals surface area contributed by atoms with E-state index in [1.807, 2.05) is 4.90 Å². The Morgan fingerprint density at radius 3 is 2.57 bits per heavy atom. The van der Waals surface area contributed by atoms with E-state index in [9.17, 15) is 14.7 Å². The number of carbonyl (C=O) groups is 2. The van der Waals surface area contributed by atoms with Gasteiger partial charge in [0.15, 0.2) is 0 Å². The Morgan fingerprint density at radius 1 is 1.24 bits per heavy atom. The molecular weight excluding hydrogens is 268 g/mol. The SMILES string of the molecule is CC1CCN(CC(=O)N2C[C@@H]3CCC[C@@]3(C(=O)O)C2)CC1. The normalized spacial score (nSPS) is 34.1. The van der Waals surface area contributed by atoms with Crippen molar-refractivity contribution in [1.29, 1.82) is 0 Å². The summed E-state index contributed by atoms with van der Waals surface area (Å²) in [5.74, 6) is 0.352. The lowest BCUT2D eigenvalue weighted by Gasteiger charge is -2.31. The minimum absolute atomic E-state index is 0.125. The maximum atomic E-state index is 12.5. The first kappa shape index (κ1) is 14.8. The van der Waals surface area contributed by atoms with Gasteiger partial charge in [0.25, 0.3) is 0 Å². The first-order valence-electron chi connectivity index (χ1n) is 8.25. The first-order valence-corrected chi connectivity index (χ1v) is 8.25. The van der Waals surface area contributed by atoms with Crippen molar-refractivity contribution < 1.29 is 14.7 Å². The summed E-state index contributed by atoms with van der Waals surface area (Å²) in [4.78, 5) is 28.2. The van der Waals surface area contributed by atoms with Crippen LogP contribution in [0.15, 0.2) is 0 Å². The lowest BCUT2D eigenvalue weighted by molar-refractivity contribution is -0.149. The molecule has 0 spiro atoms. The van der Waals surface area contributed by atoms with E-state index in [0.29, 0.717) is 19.6 Å². The molecule has 2 saturated heterocycles. The van der Waals surface area contributed by atoms with Crippen molar-refractivity contribution in [2.24, 2.45) is 17.3 Å². The Morgan fingerprint density at radius 2 is 1.95 bits per heavy atom. The van der Waals surface area contributed by atoms with Crippen LogP contribution in [0.1, 0.15) is 39.0 Å². The van der Waals surface area contributed by atoms with Gasteiger partial charge < -0.3 is 10.0 Å². The topological polar surface area (TPSA) is 60.9 Å². The largest absolute Gasteiger partial charge is 0.481 e. The number of likely N-dealkylation sites (tertiary alicyclic amines) is 2. The lowest BCUT2D eigenvalue weighted by Crippen LogP contribution is -2.43. The molecule has 0 aromatic rings. The minimum Gasteiger partial charge on any atom is -0.481 e. The van der Waals surface area contributed by atoms with E-state index in [1.165, 1.54) is 0 Å². The average molecular weight is 294 g/mol. The summed E-state index contributed by atoms with van der Waals surface area (Å²) in [5.41, 5.74) is -0.647. The van der Waals surface area contributed by atoms with E-state index in [2.05, 4.69) is 11.8 Å². The van der Waals surface area contributed by atoms with E-state index in [-0.39, 0.29) is 11.8 Å². The van der Waals surface area contributed by atoms with Gasteiger partial charge in [-0.2, -0.15) is 0 Å². The highest BCUT2D eigenvalue weighted by Gasteiger charge is 2.55. The Balaban J connectivity index is 1.58. The highest BCUT2D eigenvalue weighted by atomic mass is 16.4. The van der Waals surface area contributed by atoms with Crippen LogP contribution < -0.4 is 0 Å². The summed E-state index contributed by atoms with van der Waals surface area (Å²) in [6, 6.07) is 0. The van der Waals surface area contributed by atoms with Crippen LogP contribution in [0.2, 0.25) is 0 Å². The molecule has 0 radical (unpaired) electrons. The fourth-order valence-corrected chi connectivity index (χ4v) is 4.34. The summed E-state index contributed by atoms with van der Waals surface area (Å²) in [6.45, 7) is 5.79. The van der Waals surface area contributed by atoms with E-state index < -0.39 is 11.4 Å². The van der Waals surface area contributed by atoms with Gasteiger partial charge in [-0.1, -0.05) is 13.3 Å². The van der Waals surface area contributed by atoms with Crippen molar-refractivity contribution in [2.45, 2.75) is 39.0 Å². The molecule has 21 heavy (non-hydrogen) atoms. The zero-order valence-corrected chi connectivity index (χ0v) is 12.9. The number of hydrogen-bond donors (Lipinski definition) is 1. The van der Waals surface area contributed by atoms with Gasteiger partial charge in [-0.25, -0.2) is 0 Å². The van der Waals surface area contributed by atoms with Crippen molar-refractivity contribution in [3.05, 3.63) is 0 Å². The van der Waals surface area contributed by atoms with Gasteiger partial charge in [-0.15, -0.1) is 0 Å². The monoisotopic (exact) mass is 294 g/mol. The van der Waals surface area contributed by atoms with Crippen LogP contribution in [-0.4, -0.2) is 59.5 Å². The molecule has 5 nitrogen and oxygen atoms in total. The molecule has 0 bridgehead atoms. The number of piperidine rings is 1. The number of hydrogen-bond acceptors (Lipinski definition) is 3. The molecule has 3 aliphatic rings. The third kappa shape index (κ3) is 2.68. The summed E-state index contributed by atoms with van der Waals surface area (Å²) < 4.78 is 0. The Hall–Kier alpha value is -1.10. The number of rotatable bonds is 3. The van der Waals surface area contributed by atoms with Crippen LogP contribution in [0, 0.1) is 17.3 Å². The zero-order valence-electron chi connectivity index (χ0n) is 12.9. The van der Waals surface area contributed by atoms with Crippen LogP contribution in [0.4, 0.5) is 0 Å². The van der Waals surface area contributed by atoms with E-state index in [4.69, 9.17) is 0 Å². The van der Waals surface area contributed by atoms with Crippen LogP contribution in [0.25, 0.3) is 0 Å². The summed E-state index contributed by atoms with van der Waals surface area (Å²) in [7, 11) is 0. The number of aliphatic carboxylic acids is 1. The van der Waals surface area contributed by atoms with Crippen molar-refractivity contribution >= 4 is 11.9 Å². The highest BCUT2D eigenvalue weighted by molar-refractivity contribution is 5.82. The molecule has 3 rings (SSSR count). The molecule has 3 fully saturated rings. The van der Waals surface area contributed by atoms with Crippen molar-refractivity contribution in [3.63, 3.8) is 0 Å². The fourth-order valence-electron chi connectivity index (χ4n) is 4.34. The molecule has 1 aliphatic carbocycles. The quantitative estimate of drug-likeness (QED) is 0.855. The summed E-state index contributed by atoms with van der Waals surface area (Å²) >= 11 is 0. The summed E-state index contributed by atoms with van der Waals surface area (Å²) in [6.07, 6.45) is 5.00. The number of carbonyl (C=O) groups excluding carboxylic acids is 1. The molecule has 5 heteroatoms. The number of fused-ring (bicyclic) bond motifs is 1. The van der Waals surface area contributed by atoms with Gasteiger partial charge in [0.2, 0.25) is 5.91 Å². The van der Waals surface area contributed by atoms with Gasteiger partial charge in [-0.3, -0.25) is 14.5 Å². The third-order valence-electron chi connectivity index (χ3n) is 5.88. The lowest BCUT2D eigenvalue weighted by atomic mass is 9.81. The molecule has 1 N–H and O–H groups in total. The highest BCUT2D eigenvalue weighted by Crippen LogP contribution is 2.48. The minimum atomic E-state index is -0.702. The first-order chi connectivity index (χ1) is 10.0. The van der Waals surface area contributed by atoms with Gasteiger partial charge in [0.1, 0.15) is 0 Å². The number of nitrogens with zero attached hydrogens (tertiary/aromatic N) is 2. The number of carboxylic acid groups (broad SMARTS) is 1. The van der Waals surface area contributed by atoms with E-state index >= 15 is 0 Å². The molecule has 0 aromatic carbocycles. The second-order valence-electron chi connectivity index (χ2n) is 7.28. The molecule has 0 aromatic heterocycles. The molecule has 2 aliphatic heterocycles. The van der Waals surface area contributed by atoms with E-state index in [1.54, 1.807) is 0 Å². The predicted molar refractivity (Wildman–Crippen MR) is 78.8 cm³/mol.